The van der Waals surface area contributed by atoms with E-state index in [0.29, 0.717) is 13.2 Å². The van der Waals surface area contributed by atoms with E-state index in [2.05, 4.69) is 23.4 Å². The number of likely N-dealkylation sites (N-methyl/N-ethyl adjacent to an activating group) is 1. The minimum absolute atomic E-state index is 0.334. The van der Waals surface area contributed by atoms with Crippen molar-refractivity contribution in [3.05, 3.63) is 42.5 Å². The van der Waals surface area contributed by atoms with Crippen molar-refractivity contribution in [1.29, 1.82) is 0 Å². The molecular formula is C17H26N2O2. The molecule has 4 nitrogen and oxygen atoms in total. The fraction of sp³-hybridized carbons (Fsp3) is 0.529. The summed E-state index contributed by atoms with van der Waals surface area (Å²) in [5.74, 6) is 0.842. The number of aliphatic hydroxyl groups excluding tert-OH is 1. The molecule has 0 aromatic heterocycles. The molecule has 1 aromatic carbocycles. The van der Waals surface area contributed by atoms with Crippen LogP contribution in [0.1, 0.15) is 5.56 Å². The number of rotatable bonds is 7. The highest BCUT2D eigenvalue weighted by Crippen LogP contribution is 2.19. The average Bonchev–Trinajstić information content (AvgIpc) is 2.49. The smallest absolute Gasteiger partial charge is 0.122 e. The molecular weight excluding hydrogens is 264 g/mol. The van der Waals surface area contributed by atoms with E-state index in [1.807, 2.05) is 30.3 Å². The molecule has 0 aliphatic carbocycles. The van der Waals surface area contributed by atoms with Gasteiger partial charge in [0.15, 0.2) is 0 Å². The van der Waals surface area contributed by atoms with Crippen molar-refractivity contribution in [3.63, 3.8) is 0 Å². The maximum Gasteiger partial charge on any atom is 0.122 e. The largest absolute Gasteiger partial charge is 0.491 e. The van der Waals surface area contributed by atoms with E-state index in [0.717, 1.165) is 43.9 Å². The van der Waals surface area contributed by atoms with Crippen LogP contribution in [0, 0.1) is 0 Å². The molecule has 0 radical (unpaired) electrons. The Hall–Kier alpha value is -1.36. The molecule has 1 saturated heterocycles. The van der Waals surface area contributed by atoms with Crippen molar-refractivity contribution >= 4 is 0 Å². The summed E-state index contributed by atoms with van der Waals surface area (Å²) in [4.78, 5) is 4.61. The molecule has 2 rings (SSSR count). The zero-order valence-electron chi connectivity index (χ0n) is 12.9. The van der Waals surface area contributed by atoms with Crippen LogP contribution in [0.2, 0.25) is 0 Å². The van der Waals surface area contributed by atoms with E-state index < -0.39 is 6.10 Å². The van der Waals surface area contributed by atoms with Crippen molar-refractivity contribution in [2.75, 3.05) is 46.4 Å². The van der Waals surface area contributed by atoms with Crippen LogP contribution in [-0.2, 0) is 6.42 Å². The monoisotopic (exact) mass is 290 g/mol. The Balaban J connectivity index is 1.78. The molecule has 1 aliphatic rings. The minimum Gasteiger partial charge on any atom is -0.491 e. The summed E-state index contributed by atoms with van der Waals surface area (Å²) in [6, 6.07) is 7.92. The molecule has 4 heteroatoms. The SMILES string of the molecule is C=CCc1ccccc1OC[C@H](O)CN1CCN(C)CC1. The Bertz CT molecular complexity index is 442. The number of para-hydroxylation sites is 1. The number of benzene rings is 1. The van der Waals surface area contributed by atoms with Crippen molar-refractivity contribution in [1.82, 2.24) is 9.80 Å². The zero-order chi connectivity index (χ0) is 15.1. The van der Waals surface area contributed by atoms with Gasteiger partial charge >= 0.3 is 0 Å². The van der Waals surface area contributed by atoms with Crippen molar-refractivity contribution in [2.45, 2.75) is 12.5 Å². The van der Waals surface area contributed by atoms with E-state index in [-0.39, 0.29) is 0 Å². The van der Waals surface area contributed by atoms with Gasteiger partial charge in [-0.2, -0.15) is 0 Å². The molecule has 1 aromatic rings. The maximum absolute atomic E-state index is 10.1. The summed E-state index contributed by atoms with van der Waals surface area (Å²) in [5, 5.41) is 10.1. The third kappa shape index (κ3) is 5.16. The van der Waals surface area contributed by atoms with Gasteiger partial charge in [0, 0.05) is 32.7 Å². The Labute approximate surface area is 127 Å². The van der Waals surface area contributed by atoms with Crippen molar-refractivity contribution < 1.29 is 9.84 Å². The molecule has 0 spiro atoms. The maximum atomic E-state index is 10.1. The highest BCUT2D eigenvalue weighted by molar-refractivity contribution is 5.34. The van der Waals surface area contributed by atoms with E-state index >= 15 is 0 Å². The number of nitrogens with zero attached hydrogens (tertiary/aromatic N) is 2. The minimum atomic E-state index is -0.454. The second kappa shape index (κ2) is 8.17. The number of hydrogen-bond donors (Lipinski definition) is 1. The van der Waals surface area contributed by atoms with Crippen LogP contribution in [0.4, 0.5) is 0 Å². The van der Waals surface area contributed by atoms with Crippen LogP contribution in [-0.4, -0.2) is 67.4 Å². The van der Waals surface area contributed by atoms with E-state index in [1.165, 1.54) is 0 Å². The molecule has 116 valence electrons. The second-order valence-corrected chi connectivity index (χ2v) is 5.67. The van der Waals surface area contributed by atoms with Crippen LogP contribution in [0.25, 0.3) is 0 Å². The van der Waals surface area contributed by atoms with Gasteiger partial charge < -0.3 is 14.7 Å². The number of aliphatic hydroxyl groups is 1. The number of piperazine rings is 1. The van der Waals surface area contributed by atoms with Gasteiger partial charge in [0.1, 0.15) is 18.5 Å². The van der Waals surface area contributed by atoms with Gasteiger partial charge in [0.05, 0.1) is 0 Å². The average molecular weight is 290 g/mol. The number of ether oxygens (including phenoxy) is 1. The fourth-order valence-corrected chi connectivity index (χ4v) is 2.54. The second-order valence-electron chi connectivity index (χ2n) is 5.67. The van der Waals surface area contributed by atoms with Crippen LogP contribution in [0.5, 0.6) is 5.75 Å². The molecule has 1 heterocycles. The van der Waals surface area contributed by atoms with Gasteiger partial charge in [-0.05, 0) is 25.1 Å². The van der Waals surface area contributed by atoms with Gasteiger partial charge in [0.2, 0.25) is 0 Å². The lowest BCUT2D eigenvalue weighted by molar-refractivity contribution is 0.0503. The normalized spacial score (nSPS) is 18.4. The van der Waals surface area contributed by atoms with Crippen LogP contribution >= 0.6 is 0 Å². The molecule has 0 amide bonds. The first-order chi connectivity index (χ1) is 10.2. The van der Waals surface area contributed by atoms with Crippen LogP contribution in [0.3, 0.4) is 0 Å². The van der Waals surface area contributed by atoms with E-state index in [9.17, 15) is 5.11 Å². The third-order valence-electron chi connectivity index (χ3n) is 3.83. The molecule has 1 atom stereocenters. The predicted octanol–water partition coefficient (Wildman–Crippen LogP) is 1.40. The Morgan fingerprint density at radius 3 is 2.71 bits per heavy atom. The summed E-state index contributed by atoms with van der Waals surface area (Å²) in [7, 11) is 2.13. The standard InChI is InChI=1S/C17H26N2O2/c1-3-6-15-7-4-5-8-17(15)21-14-16(20)13-19-11-9-18(2)10-12-19/h3-5,7-8,16,20H,1,6,9-14H2,2H3/t16-/m1/s1. The molecule has 1 fully saturated rings. The summed E-state index contributed by atoms with van der Waals surface area (Å²) in [6.07, 6.45) is 2.19. The Kier molecular flexibility index (Phi) is 6.23. The van der Waals surface area contributed by atoms with Crippen LogP contribution in [0.15, 0.2) is 36.9 Å². The Morgan fingerprint density at radius 2 is 2.00 bits per heavy atom. The first-order valence-electron chi connectivity index (χ1n) is 7.59. The quantitative estimate of drug-likeness (QED) is 0.770. The summed E-state index contributed by atoms with van der Waals surface area (Å²) in [5.41, 5.74) is 1.11. The first kappa shape index (κ1) is 16.0. The third-order valence-corrected chi connectivity index (χ3v) is 3.83. The predicted molar refractivity (Wildman–Crippen MR) is 85.8 cm³/mol. The Morgan fingerprint density at radius 1 is 1.29 bits per heavy atom. The topological polar surface area (TPSA) is 35.9 Å². The number of allylic oxidation sites excluding steroid dienone is 1. The molecule has 0 bridgehead atoms. The van der Waals surface area contributed by atoms with Gasteiger partial charge in [-0.15, -0.1) is 6.58 Å². The fourth-order valence-electron chi connectivity index (χ4n) is 2.54. The highest BCUT2D eigenvalue weighted by atomic mass is 16.5. The number of β-amino-alcohol motifs (C(OH)–C–C–N with tert-alkyl or cyclic N) is 1. The van der Waals surface area contributed by atoms with Crippen LogP contribution < -0.4 is 4.74 Å². The van der Waals surface area contributed by atoms with E-state index in [1.54, 1.807) is 0 Å². The van der Waals surface area contributed by atoms with Crippen molar-refractivity contribution in [2.24, 2.45) is 0 Å². The summed E-state index contributed by atoms with van der Waals surface area (Å²) in [6.45, 7) is 8.93. The lowest BCUT2D eigenvalue weighted by Gasteiger charge is -2.33. The van der Waals surface area contributed by atoms with Gasteiger partial charge in [-0.1, -0.05) is 24.3 Å². The molecule has 21 heavy (non-hydrogen) atoms. The lowest BCUT2D eigenvalue weighted by atomic mass is 10.1. The first-order valence-corrected chi connectivity index (χ1v) is 7.59. The molecule has 0 unspecified atom stereocenters. The molecule has 1 N–H and O–H groups in total. The van der Waals surface area contributed by atoms with Gasteiger partial charge in [-0.25, -0.2) is 0 Å². The van der Waals surface area contributed by atoms with Gasteiger partial charge in [0.25, 0.3) is 0 Å². The van der Waals surface area contributed by atoms with E-state index in [4.69, 9.17) is 4.74 Å². The summed E-state index contributed by atoms with van der Waals surface area (Å²) >= 11 is 0. The molecule has 0 saturated carbocycles. The molecule has 1 aliphatic heterocycles. The zero-order valence-corrected chi connectivity index (χ0v) is 12.9. The number of hydrogen-bond acceptors (Lipinski definition) is 4. The lowest BCUT2D eigenvalue weighted by Crippen LogP contribution is -2.47. The summed E-state index contributed by atoms with van der Waals surface area (Å²) < 4.78 is 5.78. The van der Waals surface area contributed by atoms with Gasteiger partial charge in [-0.3, -0.25) is 4.90 Å². The highest BCUT2D eigenvalue weighted by Gasteiger charge is 2.17. The van der Waals surface area contributed by atoms with Crippen molar-refractivity contribution in [3.8, 4) is 5.75 Å².